The summed E-state index contributed by atoms with van der Waals surface area (Å²) in [4.78, 5) is 17.1. The van der Waals surface area contributed by atoms with Gasteiger partial charge < -0.3 is 9.80 Å². The van der Waals surface area contributed by atoms with Gasteiger partial charge in [-0.05, 0) is 40.9 Å². The molecule has 0 radical (unpaired) electrons. The van der Waals surface area contributed by atoms with E-state index in [2.05, 4.69) is 53.8 Å². The minimum Gasteiger partial charge on any atom is -0.356 e. The Morgan fingerprint density at radius 2 is 2.13 bits per heavy atom. The zero-order valence-corrected chi connectivity index (χ0v) is 14.4. The second kappa shape index (κ2) is 6.92. The van der Waals surface area contributed by atoms with Crippen molar-refractivity contribution in [3.8, 4) is 6.07 Å². The highest BCUT2D eigenvalue weighted by atomic mass is 79.9. The maximum Gasteiger partial charge on any atom is 0.146 e. The molecule has 0 bridgehead atoms. The highest BCUT2D eigenvalue weighted by Crippen LogP contribution is 2.26. The smallest absolute Gasteiger partial charge is 0.146 e. The van der Waals surface area contributed by atoms with Crippen molar-refractivity contribution >= 4 is 27.6 Å². The van der Waals surface area contributed by atoms with Crippen molar-refractivity contribution in [2.75, 3.05) is 29.9 Å². The molecule has 23 heavy (non-hydrogen) atoms. The number of rotatable bonds is 3. The van der Waals surface area contributed by atoms with E-state index in [-0.39, 0.29) is 0 Å². The molecule has 1 fully saturated rings. The predicted octanol–water partition coefficient (Wildman–Crippen LogP) is 2.61. The standard InChI is InChI=1S/C16H17BrN6/c1-22(15-2-5-19-11-21-15)14-3-6-23(7-4-14)16-12(9-18)8-13(17)10-20-16/h2,5,8,10-11,14H,3-4,6-7H2,1H3. The first-order chi connectivity index (χ1) is 11.2. The van der Waals surface area contributed by atoms with Gasteiger partial charge in [0.05, 0.1) is 5.56 Å². The van der Waals surface area contributed by atoms with Crippen LogP contribution in [0.2, 0.25) is 0 Å². The molecule has 0 N–H and O–H groups in total. The summed E-state index contributed by atoms with van der Waals surface area (Å²) in [7, 11) is 2.07. The third-order valence-electron chi connectivity index (χ3n) is 4.19. The van der Waals surface area contributed by atoms with Gasteiger partial charge >= 0.3 is 0 Å². The second-order valence-corrected chi connectivity index (χ2v) is 6.45. The van der Waals surface area contributed by atoms with Crippen molar-refractivity contribution in [2.45, 2.75) is 18.9 Å². The fourth-order valence-corrected chi connectivity index (χ4v) is 3.24. The monoisotopic (exact) mass is 372 g/mol. The molecule has 2 aromatic rings. The van der Waals surface area contributed by atoms with Gasteiger partial charge in [-0.3, -0.25) is 0 Å². The number of nitrogens with zero attached hydrogens (tertiary/aromatic N) is 6. The van der Waals surface area contributed by atoms with E-state index in [1.165, 1.54) is 0 Å². The molecule has 118 valence electrons. The van der Waals surface area contributed by atoms with Gasteiger partial charge in [0, 0.05) is 43.0 Å². The average molecular weight is 373 g/mol. The SMILES string of the molecule is CN(c1ccncn1)C1CCN(c2ncc(Br)cc2C#N)CC1. The molecule has 0 amide bonds. The summed E-state index contributed by atoms with van der Waals surface area (Å²) in [6, 6.07) is 6.41. The molecule has 7 heteroatoms. The molecule has 2 aromatic heterocycles. The molecule has 0 unspecified atom stereocenters. The largest absolute Gasteiger partial charge is 0.356 e. The van der Waals surface area contributed by atoms with Crippen LogP contribution in [0.25, 0.3) is 0 Å². The van der Waals surface area contributed by atoms with Crippen LogP contribution in [0.15, 0.2) is 35.3 Å². The van der Waals surface area contributed by atoms with Gasteiger partial charge in [0.1, 0.15) is 24.0 Å². The summed E-state index contributed by atoms with van der Waals surface area (Å²) in [6.07, 6.45) is 7.09. The number of pyridine rings is 1. The van der Waals surface area contributed by atoms with Crippen molar-refractivity contribution in [3.63, 3.8) is 0 Å². The van der Waals surface area contributed by atoms with Crippen LogP contribution in [0.1, 0.15) is 18.4 Å². The van der Waals surface area contributed by atoms with E-state index in [1.807, 2.05) is 12.1 Å². The molecule has 1 saturated heterocycles. The maximum atomic E-state index is 9.30. The summed E-state index contributed by atoms with van der Waals surface area (Å²) in [6.45, 7) is 1.76. The minimum atomic E-state index is 0.433. The molecule has 0 aliphatic carbocycles. The molecule has 1 aliphatic heterocycles. The molecule has 3 heterocycles. The van der Waals surface area contributed by atoms with Gasteiger partial charge in [-0.15, -0.1) is 0 Å². The van der Waals surface area contributed by atoms with E-state index >= 15 is 0 Å². The zero-order valence-electron chi connectivity index (χ0n) is 12.9. The number of piperidine rings is 1. The van der Waals surface area contributed by atoms with Crippen LogP contribution in [0.5, 0.6) is 0 Å². The van der Waals surface area contributed by atoms with Crippen LogP contribution in [0, 0.1) is 11.3 Å². The summed E-state index contributed by atoms with van der Waals surface area (Å²) in [5.41, 5.74) is 0.613. The zero-order chi connectivity index (χ0) is 16.2. The quantitative estimate of drug-likeness (QED) is 0.824. The van der Waals surface area contributed by atoms with E-state index in [4.69, 9.17) is 0 Å². The highest BCUT2D eigenvalue weighted by Gasteiger charge is 2.25. The number of halogens is 1. The van der Waals surface area contributed by atoms with Crippen molar-refractivity contribution < 1.29 is 0 Å². The van der Waals surface area contributed by atoms with E-state index in [9.17, 15) is 5.26 Å². The second-order valence-electron chi connectivity index (χ2n) is 5.53. The van der Waals surface area contributed by atoms with Crippen LogP contribution in [0.4, 0.5) is 11.6 Å². The normalized spacial score (nSPS) is 15.3. The van der Waals surface area contributed by atoms with Gasteiger partial charge in [0.2, 0.25) is 0 Å². The van der Waals surface area contributed by atoms with Crippen LogP contribution in [0.3, 0.4) is 0 Å². The molecule has 0 atom stereocenters. The molecular formula is C16H17BrN6. The Balaban J connectivity index is 1.68. The van der Waals surface area contributed by atoms with Gasteiger partial charge in [0.15, 0.2) is 0 Å². The molecule has 3 rings (SSSR count). The highest BCUT2D eigenvalue weighted by molar-refractivity contribution is 9.10. The first-order valence-electron chi connectivity index (χ1n) is 7.48. The van der Waals surface area contributed by atoms with Crippen LogP contribution < -0.4 is 9.80 Å². The Morgan fingerprint density at radius 3 is 2.78 bits per heavy atom. The van der Waals surface area contributed by atoms with Crippen molar-refractivity contribution in [3.05, 3.63) is 40.9 Å². The van der Waals surface area contributed by atoms with E-state index in [0.717, 1.165) is 42.0 Å². The first-order valence-corrected chi connectivity index (χ1v) is 8.28. The van der Waals surface area contributed by atoms with Crippen molar-refractivity contribution in [2.24, 2.45) is 0 Å². The Hall–Kier alpha value is -2.20. The van der Waals surface area contributed by atoms with Crippen molar-refractivity contribution in [1.82, 2.24) is 15.0 Å². The summed E-state index contributed by atoms with van der Waals surface area (Å²) < 4.78 is 0.830. The lowest BCUT2D eigenvalue weighted by Crippen LogP contribution is -2.44. The Morgan fingerprint density at radius 1 is 1.35 bits per heavy atom. The fourth-order valence-electron chi connectivity index (χ4n) is 2.91. The van der Waals surface area contributed by atoms with Gasteiger partial charge in [-0.2, -0.15) is 5.26 Å². The summed E-state index contributed by atoms with van der Waals surface area (Å²) in [5, 5.41) is 9.30. The first kappa shape index (κ1) is 15.7. The number of anilines is 2. The lowest BCUT2D eigenvalue weighted by Gasteiger charge is -2.38. The van der Waals surface area contributed by atoms with E-state index in [1.54, 1.807) is 18.7 Å². The lowest BCUT2D eigenvalue weighted by atomic mass is 10.0. The number of hydrogen-bond donors (Lipinski definition) is 0. The van der Waals surface area contributed by atoms with Gasteiger partial charge in [0.25, 0.3) is 0 Å². The number of aromatic nitrogens is 3. The van der Waals surface area contributed by atoms with Crippen molar-refractivity contribution in [1.29, 1.82) is 5.26 Å². The average Bonchev–Trinajstić information content (AvgIpc) is 2.62. The minimum absolute atomic E-state index is 0.433. The Kier molecular flexibility index (Phi) is 4.72. The third-order valence-corrected chi connectivity index (χ3v) is 4.63. The molecule has 0 spiro atoms. The topological polar surface area (TPSA) is 68.9 Å². The third kappa shape index (κ3) is 3.42. The molecular weight excluding hydrogens is 356 g/mol. The Labute approximate surface area is 143 Å². The molecule has 0 saturated carbocycles. The Bertz CT molecular complexity index is 706. The van der Waals surface area contributed by atoms with Crippen LogP contribution in [-0.4, -0.2) is 41.1 Å². The predicted molar refractivity (Wildman–Crippen MR) is 92.3 cm³/mol. The fraction of sp³-hybridized carbons (Fsp3) is 0.375. The summed E-state index contributed by atoms with van der Waals surface area (Å²) in [5.74, 6) is 1.72. The van der Waals surface area contributed by atoms with E-state index < -0.39 is 0 Å². The molecule has 1 aliphatic rings. The number of hydrogen-bond acceptors (Lipinski definition) is 6. The van der Waals surface area contributed by atoms with E-state index in [0.29, 0.717) is 11.6 Å². The molecule has 6 nitrogen and oxygen atoms in total. The van der Waals surface area contributed by atoms with Gasteiger partial charge in [-0.1, -0.05) is 0 Å². The summed E-state index contributed by atoms with van der Waals surface area (Å²) >= 11 is 3.36. The van der Waals surface area contributed by atoms with Crippen LogP contribution in [-0.2, 0) is 0 Å². The van der Waals surface area contributed by atoms with Gasteiger partial charge in [-0.25, -0.2) is 15.0 Å². The van der Waals surface area contributed by atoms with Crippen LogP contribution >= 0.6 is 15.9 Å². The molecule has 0 aromatic carbocycles. The maximum absolute atomic E-state index is 9.30. The lowest BCUT2D eigenvalue weighted by molar-refractivity contribution is 0.477. The number of nitriles is 1.